The van der Waals surface area contributed by atoms with E-state index in [1.807, 2.05) is 19.1 Å². The molecule has 0 saturated carbocycles. The van der Waals surface area contributed by atoms with E-state index >= 15 is 0 Å². The lowest BCUT2D eigenvalue weighted by Gasteiger charge is -2.12. The summed E-state index contributed by atoms with van der Waals surface area (Å²) in [6.07, 6.45) is 0. The van der Waals surface area contributed by atoms with E-state index in [-0.39, 0.29) is 0 Å². The Labute approximate surface area is 121 Å². The molecule has 0 heterocycles. The van der Waals surface area contributed by atoms with Crippen molar-refractivity contribution in [2.45, 2.75) is 12.8 Å². The lowest BCUT2D eigenvalue weighted by atomic mass is 10.2. The molecule has 0 aliphatic carbocycles. The van der Waals surface area contributed by atoms with E-state index in [4.69, 9.17) is 39.5 Å². The molecule has 0 atom stereocenters. The summed E-state index contributed by atoms with van der Waals surface area (Å²) >= 11 is 17.8. The van der Waals surface area contributed by atoms with Crippen molar-refractivity contribution < 1.29 is 4.74 Å². The third-order valence-electron chi connectivity index (χ3n) is 2.54. The Balaban J connectivity index is 2.36. The Bertz CT molecular complexity index is 567. The normalized spacial score (nSPS) is 10.4. The quantitative estimate of drug-likeness (QED) is 0.648. The summed E-state index contributed by atoms with van der Waals surface area (Å²) in [5.41, 5.74) is 1.86. The van der Waals surface area contributed by atoms with Gasteiger partial charge in [-0.25, -0.2) is 0 Å². The fraction of sp³-hybridized carbons (Fsp3) is 0.143. The van der Waals surface area contributed by atoms with Crippen molar-refractivity contribution in [3.63, 3.8) is 0 Å². The molecule has 2 aromatic rings. The van der Waals surface area contributed by atoms with Crippen LogP contribution in [0.1, 0.15) is 11.1 Å². The molecule has 1 nitrogen and oxygen atoms in total. The maximum atomic E-state index is 5.95. The number of benzene rings is 2. The van der Waals surface area contributed by atoms with Crippen LogP contribution in [0.4, 0.5) is 0 Å². The number of ether oxygens (including phenoxy) is 1. The molecule has 0 aliphatic heterocycles. The van der Waals surface area contributed by atoms with Gasteiger partial charge in [0.2, 0.25) is 0 Å². The Hall–Kier alpha value is -0.890. The zero-order chi connectivity index (χ0) is 13.1. The van der Waals surface area contributed by atoms with Gasteiger partial charge in [0.05, 0.1) is 5.88 Å². The van der Waals surface area contributed by atoms with Crippen molar-refractivity contribution in [3.05, 3.63) is 57.6 Å². The van der Waals surface area contributed by atoms with Gasteiger partial charge in [-0.2, -0.15) is 0 Å². The fourth-order valence-electron chi connectivity index (χ4n) is 1.55. The first-order valence-electron chi connectivity index (χ1n) is 5.38. The molecule has 2 aromatic carbocycles. The largest absolute Gasteiger partial charge is 0.457 e. The summed E-state index contributed by atoms with van der Waals surface area (Å²) in [5.74, 6) is 1.76. The second-order valence-corrected chi connectivity index (χ2v) is 5.04. The molecule has 0 radical (unpaired) electrons. The number of hydrogen-bond acceptors (Lipinski definition) is 1. The first-order chi connectivity index (χ1) is 8.60. The fourth-order valence-corrected chi connectivity index (χ4v) is 2.12. The zero-order valence-electron chi connectivity index (χ0n) is 9.71. The van der Waals surface area contributed by atoms with Gasteiger partial charge < -0.3 is 4.74 Å². The standard InChI is InChI=1S/C14H11Cl3O/c1-9-2-3-12(17)7-14(9)18-13-5-4-11(16)6-10(13)8-15/h2-7H,8H2,1H3. The molecule has 0 unspecified atom stereocenters. The summed E-state index contributed by atoms with van der Waals surface area (Å²) in [6.45, 7) is 1.96. The van der Waals surface area contributed by atoms with E-state index in [0.717, 1.165) is 16.9 Å². The highest BCUT2D eigenvalue weighted by Crippen LogP contribution is 2.32. The van der Waals surface area contributed by atoms with E-state index < -0.39 is 0 Å². The molecule has 0 amide bonds. The van der Waals surface area contributed by atoms with Gasteiger partial charge in [-0.05, 0) is 42.8 Å². The third kappa shape index (κ3) is 3.11. The van der Waals surface area contributed by atoms with Crippen molar-refractivity contribution in [1.82, 2.24) is 0 Å². The van der Waals surface area contributed by atoms with Crippen LogP contribution in [0.5, 0.6) is 11.5 Å². The molecular formula is C14H11Cl3O. The van der Waals surface area contributed by atoms with E-state index in [2.05, 4.69) is 0 Å². The van der Waals surface area contributed by atoms with Gasteiger partial charge in [0.15, 0.2) is 0 Å². The minimum atomic E-state index is 0.343. The van der Waals surface area contributed by atoms with Crippen molar-refractivity contribution in [1.29, 1.82) is 0 Å². The SMILES string of the molecule is Cc1ccc(Cl)cc1Oc1ccc(Cl)cc1CCl. The molecular weight excluding hydrogens is 291 g/mol. The number of rotatable bonds is 3. The average Bonchev–Trinajstić information content (AvgIpc) is 2.36. The highest BCUT2D eigenvalue weighted by Gasteiger charge is 2.07. The second kappa shape index (κ2) is 5.83. The van der Waals surface area contributed by atoms with Crippen LogP contribution >= 0.6 is 34.8 Å². The van der Waals surface area contributed by atoms with Crippen molar-refractivity contribution >= 4 is 34.8 Å². The van der Waals surface area contributed by atoms with Gasteiger partial charge in [-0.3, -0.25) is 0 Å². The molecule has 0 saturated heterocycles. The maximum Gasteiger partial charge on any atom is 0.131 e. The van der Waals surface area contributed by atoms with E-state index in [0.29, 0.717) is 21.7 Å². The lowest BCUT2D eigenvalue weighted by Crippen LogP contribution is -1.91. The van der Waals surface area contributed by atoms with Gasteiger partial charge in [0, 0.05) is 15.6 Å². The first-order valence-corrected chi connectivity index (χ1v) is 6.67. The summed E-state index contributed by atoms with van der Waals surface area (Å²) in [5, 5.41) is 1.28. The number of aryl methyl sites for hydroxylation is 1. The molecule has 0 aliphatic rings. The molecule has 94 valence electrons. The Morgan fingerprint density at radius 3 is 2.33 bits per heavy atom. The molecule has 4 heteroatoms. The first kappa shape index (κ1) is 13.5. The summed E-state index contributed by atoms with van der Waals surface area (Å²) in [7, 11) is 0. The highest BCUT2D eigenvalue weighted by atomic mass is 35.5. The van der Waals surface area contributed by atoms with Crippen molar-refractivity contribution in [2.24, 2.45) is 0 Å². The van der Waals surface area contributed by atoms with E-state index in [9.17, 15) is 0 Å². The molecule has 0 bridgehead atoms. The zero-order valence-corrected chi connectivity index (χ0v) is 12.0. The molecule has 0 aromatic heterocycles. The number of halogens is 3. The van der Waals surface area contributed by atoms with E-state index in [1.165, 1.54) is 0 Å². The van der Waals surface area contributed by atoms with Crippen molar-refractivity contribution in [2.75, 3.05) is 0 Å². The summed E-state index contributed by atoms with van der Waals surface area (Å²) in [4.78, 5) is 0. The minimum absolute atomic E-state index is 0.343. The predicted molar refractivity (Wildman–Crippen MR) is 77.3 cm³/mol. The highest BCUT2D eigenvalue weighted by molar-refractivity contribution is 6.31. The van der Waals surface area contributed by atoms with Gasteiger partial charge in [-0.15, -0.1) is 11.6 Å². The van der Waals surface area contributed by atoms with Crippen LogP contribution in [0.3, 0.4) is 0 Å². The van der Waals surface area contributed by atoms with Crippen LogP contribution in [-0.4, -0.2) is 0 Å². The molecule has 2 rings (SSSR count). The molecule has 0 spiro atoms. The van der Waals surface area contributed by atoms with Crippen molar-refractivity contribution in [3.8, 4) is 11.5 Å². The second-order valence-electron chi connectivity index (χ2n) is 3.90. The monoisotopic (exact) mass is 300 g/mol. The predicted octanol–water partition coefficient (Wildman–Crippen LogP) is 5.83. The van der Waals surface area contributed by atoms with Gasteiger partial charge >= 0.3 is 0 Å². The maximum absolute atomic E-state index is 5.95. The van der Waals surface area contributed by atoms with Gasteiger partial charge in [0.25, 0.3) is 0 Å². The Morgan fingerprint density at radius 1 is 0.944 bits per heavy atom. The lowest BCUT2D eigenvalue weighted by molar-refractivity contribution is 0.475. The van der Waals surface area contributed by atoms with Crippen LogP contribution in [0, 0.1) is 6.92 Å². The van der Waals surface area contributed by atoms with Crippen LogP contribution in [0.2, 0.25) is 10.0 Å². The summed E-state index contributed by atoms with van der Waals surface area (Å²) < 4.78 is 5.84. The average molecular weight is 302 g/mol. The van der Waals surface area contributed by atoms with Crippen LogP contribution in [0.25, 0.3) is 0 Å². The van der Waals surface area contributed by atoms with E-state index in [1.54, 1.807) is 24.3 Å². The van der Waals surface area contributed by atoms with Gasteiger partial charge in [0.1, 0.15) is 11.5 Å². The van der Waals surface area contributed by atoms with Crippen LogP contribution in [0.15, 0.2) is 36.4 Å². The molecule has 18 heavy (non-hydrogen) atoms. The number of hydrogen-bond donors (Lipinski definition) is 0. The third-order valence-corrected chi connectivity index (χ3v) is 3.29. The van der Waals surface area contributed by atoms with Crippen LogP contribution < -0.4 is 4.74 Å². The topological polar surface area (TPSA) is 9.23 Å². The Morgan fingerprint density at radius 2 is 1.61 bits per heavy atom. The molecule has 0 N–H and O–H groups in total. The number of alkyl halides is 1. The van der Waals surface area contributed by atoms with Crippen LogP contribution in [-0.2, 0) is 5.88 Å². The van der Waals surface area contributed by atoms with Gasteiger partial charge in [-0.1, -0.05) is 29.3 Å². The summed E-state index contributed by atoms with van der Waals surface area (Å²) in [6, 6.07) is 10.9. The smallest absolute Gasteiger partial charge is 0.131 e. The molecule has 0 fully saturated rings. The minimum Gasteiger partial charge on any atom is -0.457 e. The Kier molecular flexibility index (Phi) is 4.39.